The fraction of sp³-hybridized carbons (Fsp3) is 0.440. The monoisotopic (exact) mass is 495 g/mol. The Bertz CT molecular complexity index is 999. The van der Waals surface area contributed by atoms with E-state index in [0.717, 1.165) is 16.0 Å². The van der Waals surface area contributed by atoms with Crippen LogP contribution in [0.4, 0.5) is 18.0 Å². The largest absolute Gasteiger partial charge is 0.446 e. The fourth-order valence-corrected chi connectivity index (χ4v) is 4.97. The Labute approximate surface area is 200 Å². The lowest BCUT2D eigenvalue weighted by Gasteiger charge is -2.35. The number of hydrogen-bond donors (Lipinski definition) is 0. The summed E-state index contributed by atoms with van der Waals surface area (Å²) in [5.41, 5.74) is 1.57. The summed E-state index contributed by atoms with van der Waals surface area (Å²) >= 11 is 6.03. The molecule has 182 valence electrons. The molecular weight excluding hydrogens is 471 g/mol. The van der Waals surface area contributed by atoms with Gasteiger partial charge in [0, 0.05) is 18.1 Å². The molecular formula is C25H25ClF3NO4. The molecule has 34 heavy (non-hydrogen) atoms. The van der Waals surface area contributed by atoms with Crippen molar-refractivity contribution in [2.45, 2.75) is 49.9 Å². The number of alkyl halides is 3. The van der Waals surface area contributed by atoms with Gasteiger partial charge < -0.3 is 9.47 Å². The molecule has 2 heterocycles. The minimum Gasteiger partial charge on any atom is -0.446 e. The number of cyclic esters (lactones) is 1. The van der Waals surface area contributed by atoms with Crippen LogP contribution in [0.25, 0.3) is 0 Å². The van der Waals surface area contributed by atoms with E-state index in [0.29, 0.717) is 11.4 Å². The van der Waals surface area contributed by atoms with Gasteiger partial charge in [0.25, 0.3) is 0 Å². The van der Waals surface area contributed by atoms with Gasteiger partial charge >= 0.3 is 12.3 Å². The van der Waals surface area contributed by atoms with Gasteiger partial charge in [0.05, 0.1) is 12.5 Å². The van der Waals surface area contributed by atoms with E-state index < -0.39 is 42.7 Å². The molecule has 2 aliphatic heterocycles. The molecule has 2 amide bonds. The maximum atomic E-state index is 13.4. The highest BCUT2D eigenvalue weighted by atomic mass is 35.5. The Morgan fingerprint density at radius 1 is 1.12 bits per heavy atom. The highest BCUT2D eigenvalue weighted by Crippen LogP contribution is 2.41. The summed E-state index contributed by atoms with van der Waals surface area (Å²) in [5.74, 6) is -1.04. The second kappa shape index (κ2) is 10.4. The van der Waals surface area contributed by atoms with Crippen molar-refractivity contribution in [2.24, 2.45) is 5.92 Å². The van der Waals surface area contributed by atoms with Gasteiger partial charge in [0.15, 0.2) is 0 Å². The van der Waals surface area contributed by atoms with Crippen molar-refractivity contribution < 1.29 is 32.2 Å². The van der Waals surface area contributed by atoms with Gasteiger partial charge in [0.1, 0.15) is 12.6 Å². The lowest BCUT2D eigenvalue weighted by Crippen LogP contribution is -2.37. The predicted octanol–water partition coefficient (Wildman–Crippen LogP) is 6.28. The molecule has 4 rings (SSSR count). The number of benzene rings is 2. The minimum atomic E-state index is -4.33. The predicted molar refractivity (Wildman–Crippen MR) is 119 cm³/mol. The quantitative estimate of drug-likeness (QED) is 0.473. The fourth-order valence-electron chi connectivity index (χ4n) is 4.85. The standard InChI is InChI=1S/C25H25ClF3NO4/c26-19-8-6-16(7-9-19)21(18-10-11-33-20(12-18)14-25(27,28)29)13-23(31)30-22(15-34-24(30)32)17-4-2-1-3-5-17/h1-9,18,20-22H,10-15H2/t18?,20?,21-,22-/m0/s1. The summed E-state index contributed by atoms with van der Waals surface area (Å²) in [6.45, 7) is 0.243. The smallest absolute Gasteiger partial charge is 0.417 e. The van der Waals surface area contributed by atoms with E-state index >= 15 is 0 Å². The van der Waals surface area contributed by atoms with E-state index in [1.54, 1.807) is 24.3 Å². The normalized spacial score (nSPS) is 24.1. The van der Waals surface area contributed by atoms with Gasteiger partial charge in [-0.1, -0.05) is 54.1 Å². The SMILES string of the molecule is O=C(C[C@@H](c1ccc(Cl)cc1)C1CCOC(CC(F)(F)F)C1)N1C(=O)OC[C@H]1c1ccccc1. The van der Waals surface area contributed by atoms with Gasteiger partial charge in [-0.2, -0.15) is 13.2 Å². The van der Waals surface area contributed by atoms with Crippen molar-refractivity contribution in [3.63, 3.8) is 0 Å². The zero-order chi connectivity index (χ0) is 24.3. The topological polar surface area (TPSA) is 55.8 Å². The van der Waals surface area contributed by atoms with Gasteiger partial charge in [-0.25, -0.2) is 9.69 Å². The average molecular weight is 496 g/mol. The first kappa shape index (κ1) is 24.5. The summed E-state index contributed by atoms with van der Waals surface area (Å²) in [6.07, 6.45) is -6.38. The first-order valence-corrected chi connectivity index (χ1v) is 11.6. The van der Waals surface area contributed by atoms with Gasteiger partial charge in [-0.15, -0.1) is 0 Å². The van der Waals surface area contributed by atoms with E-state index in [4.69, 9.17) is 21.1 Å². The maximum Gasteiger partial charge on any atom is 0.417 e. The van der Waals surface area contributed by atoms with E-state index in [2.05, 4.69) is 0 Å². The molecule has 0 bridgehead atoms. The molecule has 2 unspecified atom stereocenters. The number of ether oxygens (including phenoxy) is 2. The molecule has 0 aliphatic carbocycles. The van der Waals surface area contributed by atoms with Crippen LogP contribution in [0, 0.1) is 5.92 Å². The average Bonchev–Trinajstić information content (AvgIpc) is 3.19. The van der Waals surface area contributed by atoms with Crippen LogP contribution in [0.15, 0.2) is 54.6 Å². The molecule has 5 nitrogen and oxygen atoms in total. The van der Waals surface area contributed by atoms with Crippen LogP contribution < -0.4 is 0 Å². The van der Waals surface area contributed by atoms with Crippen molar-refractivity contribution in [3.05, 3.63) is 70.7 Å². The highest BCUT2D eigenvalue weighted by Gasteiger charge is 2.42. The summed E-state index contributed by atoms with van der Waals surface area (Å²) < 4.78 is 49.5. The number of halogens is 4. The molecule has 9 heteroatoms. The Morgan fingerprint density at radius 3 is 2.50 bits per heavy atom. The van der Waals surface area contributed by atoms with Crippen LogP contribution in [0.2, 0.25) is 5.02 Å². The van der Waals surface area contributed by atoms with Gasteiger partial charge in [0.2, 0.25) is 5.91 Å². The third-order valence-electron chi connectivity index (χ3n) is 6.45. The molecule has 0 radical (unpaired) electrons. The summed E-state index contributed by atoms with van der Waals surface area (Å²) in [4.78, 5) is 27.0. The van der Waals surface area contributed by atoms with Crippen LogP contribution in [0.5, 0.6) is 0 Å². The Morgan fingerprint density at radius 2 is 1.82 bits per heavy atom. The van der Waals surface area contributed by atoms with Crippen LogP contribution in [0.1, 0.15) is 48.8 Å². The van der Waals surface area contributed by atoms with Crippen molar-refractivity contribution in [1.29, 1.82) is 0 Å². The van der Waals surface area contributed by atoms with Crippen molar-refractivity contribution in [1.82, 2.24) is 4.90 Å². The summed E-state index contributed by atoms with van der Waals surface area (Å²) in [7, 11) is 0. The number of nitrogens with zero attached hydrogens (tertiary/aromatic N) is 1. The molecule has 2 aromatic carbocycles. The Hall–Kier alpha value is -2.58. The van der Waals surface area contributed by atoms with E-state index in [1.807, 2.05) is 30.3 Å². The number of imide groups is 1. The zero-order valence-electron chi connectivity index (χ0n) is 18.3. The third kappa shape index (κ3) is 5.91. The third-order valence-corrected chi connectivity index (χ3v) is 6.71. The Kier molecular flexibility index (Phi) is 7.48. The van der Waals surface area contributed by atoms with Gasteiger partial charge in [-0.3, -0.25) is 4.79 Å². The summed E-state index contributed by atoms with van der Waals surface area (Å²) in [6, 6.07) is 15.5. The molecule has 2 fully saturated rings. The zero-order valence-corrected chi connectivity index (χ0v) is 19.1. The minimum absolute atomic E-state index is 0.0382. The van der Waals surface area contributed by atoms with E-state index in [9.17, 15) is 22.8 Å². The lowest BCUT2D eigenvalue weighted by molar-refractivity contribution is -0.169. The molecule has 0 aromatic heterocycles. The van der Waals surface area contributed by atoms with Crippen molar-refractivity contribution in [2.75, 3.05) is 13.2 Å². The number of rotatable bonds is 6. The first-order chi connectivity index (χ1) is 16.2. The molecule has 2 aliphatic rings. The number of hydrogen-bond acceptors (Lipinski definition) is 4. The number of amides is 2. The Balaban J connectivity index is 1.57. The first-order valence-electron chi connectivity index (χ1n) is 11.2. The molecule has 4 atom stereocenters. The van der Waals surface area contributed by atoms with Crippen LogP contribution in [-0.4, -0.2) is 42.4 Å². The van der Waals surface area contributed by atoms with E-state index in [-0.39, 0.29) is 32.0 Å². The molecule has 0 N–H and O–H groups in total. The highest BCUT2D eigenvalue weighted by molar-refractivity contribution is 6.30. The van der Waals surface area contributed by atoms with Crippen LogP contribution >= 0.6 is 11.6 Å². The van der Waals surface area contributed by atoms with Crippen LogP contribution in [-0.2, 0) is 14.3 Å². The van der Waals surface area contributed by atoms with Crippen molar-refractivity contribution >= 4 is 23.6 Å². The second-order valence-corrected chi connectivity index (χ2v) is 9.16. The lowest BCUT2D eigenvalue weighted by atomic mass is 9.77. The summed E-state index contributed by atoms with van der Waals surface area (Å²) in [5, 5.41) is 0.517. The van der Waals surface area contributed by atoms with Crippen molar-refractivity contribution in [3.8, 4) is 0 Å². The number of carbonyl (C=O) groups excluding carboxylic acids is 2. The molecule has 0 spiro atoms. The second-order valence-electron chi connectivity index (χ2n) is 8.73. The van der Waals surface area contributed by atoms with Gasteiger partial charge in [-0.05, 0) is 47.9 Å². The molecule has 2 saturated heterocycles. The maximum absolute atomic E-state index is 13.4. The number of carbonyl (C=O) groups is 2. The molecule has 0 saturated carbocycles. The molecule has 2 aromatic rings. The van der Waals surface area contributed by atoms with E-state index in [1.165, 1.54) is 0 Å². The van der Waals surface area contributed by atoms with Crippen LogP contribution in [0.3, 0.4) is 0 Å².